The predicted molar refractivity (Wildman–Crippen MR) is 53.5 cm³/mol. The van der Waals surface area contributed by atoms with Crippen LogP contribution in [-0.4, -0.2) is 17.4 Å². The summed E-state index contributed by atoms with van der Waals surface area (Å²) in [5.41, 5.74) is 0. The molecule has 15 heavy (non-hydrogen) atoms. The van der Waals surface area contributed by atoms with Gasteiger partial charge in [0.1, 0.15) is 11.6 Å². The van der Waals surface area contributed by atoms with E-state index >= 15 is 0 Å². The molecule has 0 spiro atoms. The van der Waals surface area contributed by atoms with Crippen LogP contribution in [0.5, 0.6) is 0 Å². The number of rotatable bonds is 1. The van der Waals surface area contributed by atoms with Crippen molar-refractivity contribution in [3.8, 4) is 12.3 Å². The van der Waals surface area contributed by atoms with Crippen LogP contribution < -0.4 is 4.90 Å². The second kappa shape index (κ2) is 3.70. The molecule has 1 unspecified atom stereocenters. The second-order valence-electron chi connectivity index (χ2n) is 3.40. The zero-order chi connectivity index (χ0) is 10.8. The van der Waals surface area contributed by atoms with E-state index in [1.54, 1.807) is 0 Å². The van der Waals surface area contributed by atoms with E-state index in [0.29, 0.717) is 18.8 Å². The van der Waals surface area contributed by atoms with Crippen LogP contribution in [0.4, 0.5) is 10.2 Å². The SMILES string of the molecule is C#CC1CC(=O)N(c2cc(F)ccn2)C1. The standard InChI is InChI=1S/C11H9FN2O/c1-2-8-5-11(15)14(7-8)10-6-9(12)3-4-13-10/h1,3-4,6,8H,5,7H2. The fraction of sp³-hybridized carbons (Fsp3) is 0.273. The molecule has 0 N–H and O–H groups in total. The molecule has 0 bridgehead atoms. The Morgan fingerprint density at radius 3 is 3.07 bits per heavy atom. The Morgan fingerprint density at radius 1 is 1.67 bits per heavy atom. The normalized spacial score (nSPS) is 20.4. The minimum Gasteiger partial charge on any atom is -0.295 e. The highest BCUT2D eigenvalue weighted by atomic mass is 19.1. The lowest BCUT2D eigenvalue weighted by atomic mass is 10.1. The van der Waals surface area contributed by atoms with Crippen LogP contribution in [0, 0.1) is 24.1 Å². The van der Waals surface area contributed by atoms with Gasteiger partial charge in [-0.05, 0) is 6.07 Å². The Balaban J connectivity index is 2.26. The lowest BCUT2D eigenvalue weighted by Gasteiger charge is -2.14. The summed E-state index contributed by atoms with van der Waals surface area (Å²) in [6.07, 6.45) is 6.89. The quantitative estimate of drug-likeness (QED) is 0.644. The van der Waals surface area contributed by atoms with Gasteiger partial charge in [-0.25, -0.2) is 9.37 Å². The summed E-state index contributed by atoms with van der Waals surface area (Å²) in [4.78, 5) is 16.9. The van der Waals surface area contributed by atoms with Crippen molar-refractivity contribution in [3.05, 3.63) is 24.1 Å². The Bertz CT molecular complexity index is 438. The molecule has 0 aromatic carbocycles. The third kappa shape index (κ3) is 1.82. The van der Waals surface area contributed by atoms with Gasteiger partial charge in [0.2, 0.25) is 5.91 Å². The Hall–Kier alpha value is -1.89. The highest BCUT2D eigenvalue weighted by molar-refractivity contribution is 5.95. The summed E-state index contributed by atoms with van der Waals surface area (Å²) >= 11 is 0. The van der Waals surface area contributed by atoms with E-state index in [1.807, 2.05) is 0 Å². The van der Waals surface area contributed by atoms with E-state index in [4.69, 9.17) is 6.42 Å². The first kappa shape index (κ1) is 9.66. The highest BCUT2D eigenvalue weighted by Gasteiger charge is 2.30. The summed E-state index contributed by atoms with van der Waals surface area (Å²) in [6, 6.07) is 2.47. The maximum atomic E-state index is 12.9. The van der Waals surface area contributed by atoms with Crippen molar-refractivity contribution in [2.75, 3.05) is 11.4 Å². The van der Waals surface area contributed by atoms with E-state index in [9.17, 15) is 9.18 Å². The van der Waals surface area contributed by atoms with Gasteiger partial charge >= 0.3 is 0 Å². The van der Waals surface area contributed by atoms with Gasteiger partial charge in [-0.15, -0.1) is 12.3 Å². The summed E-state index contributed by atoms with van der Waals surface area (Å²) in [7, 11) is 0. The van der Waals surface area contributed by atoms with Crippen LogP contribution in [0.15, 0.2) is 18.3 Å². The molecule has 4 heteroatoms. The van der Waals surface area contributed by atoms with Crippen LogP contribution in [0.2, 0.25) is 0 Å². The molecule has 3 nitrogen and oxygen atoms in total. The zero-order valence-electron chi connectivity index (χ0n) is 7.98. The van der Waals surface area contributed by atoms with Crippen molar-refractivity contribution < 1.29 is 9.18 Å². The smallest absolute Gasteiger partial charge is 0.229 e. The van der Waals surface area contributed by atoms with Crippen molar-refractivity contribution in [1.29, 1.82) is 0 Å². The van der Waals surface area contributed by atoms with Crippen LogP contribution >= 0.6 is 0 Å². The van der Waals surface area contributed by atoms with Gasteiger partial charge < -0.3 is 0 Å². The van der Waals surface area contributed by atoms with Gasteiger partial charge in [0, 0.05) is 31.1 Å². The summed E-state index contributed by atoms with van der Waals surface area (Å²) < 4.78 is 12.9. The molecular formula is C11H9FN2O. The molecule has 1 aromatic heterocycles. The number of anilines is 1. The number of terminal acetylenes is 1. The number of aromatic nitrogens is 1. The lowest BCUT2D eigenvalue weighted by molar-refractivity contribution is -0.117. The summed E-state index contributed by atoms with van der Waals surface area (Å²) in [5, 5.41) is 0. The highest BCUT2D eigenvalue weighted by Crippen LogP contribution is 2.22. The number of pyridine rings is 1. The van der Waals surface area contributed by atoms with Crippen molar-refractivity contribution in [2.45, 2.75) is 6.42 Å². The molecule has 1 aromatic rings. The monoisotopic (exact) mass is 204 g/mol. The van der Waals surface area contributed by atoms with E-state index < -0.39 is 5.82 Å². The largest absolute Gasteiger partial charge is 0.295 e. The van der Waals surface area contributed by atoms with Crippen LogP contribution in [0.3, 0.4) is 0 Å². The summed E-state index contributed by atoms with van der Waals surface area (Å²) in [5.74, 6) is 2.25. The van der Waals surface area contributed by atoms with Gasteiger partial charge in [0.25, 0.3) is 0 Å². The van der Waals surface area contributed by atoms with Crippen molar-refractivity contribution in [3.63, 3.8) is 0 Å². The number of carbonyl (C=O) groups is 1. The maximum absolute atomic E-state index is 12.9. The van der Waals surface area contributed by atoms with Crippen LogP contribution in [0.25, 0.3) is 0 Å². The first-order valence-electron chi connectivity index (χ1n) is 4.59. The topological polar surface area (TPSA) is 33.2 Å². The van der Waals surface area contributed by atoms with Crippen LogP contribution in [0.1, 0.15) is 6.42 Å². The fourth-order valence-electron chi connectivity index (χ4n) is 1.58. The average Bonchev–Trinajstić information content (AvgIpc) is 2.60. The average molecular weight is 204 g/mol. The molecule has 1 fully saturated rings. The molecule has 1 aliphatic heterocycles. The predicted octanol–water partition coefficient (Wildman–Crippen LogP) is 1.21. The molecule has 1 saturated heterocycles. The first-order chi connectivity index (χ1) is 7.20. The third-order valence-electron chi connectivity index (χ3n) is 2.34. The van der Waals surface area contributed by atoms with E-state index in [2.05, 4.69) is 10.9 Å². The maximum Gasteiger partial charge on any atom is 0.229 e. The Labute approximate surface area is 86.9 Å². The number of amides is 1. The molecule has 0 aliphatic carbocycles. The van der Waals surface area contributed by atoms with Gasteiger partial charge in [-0.2, -0.15) is 0 Å². The van der Waals surface area contributed by atoms with Gasteiger partial charge in [0.05, 0.1) is 0 Å². The second-order valence-corrected chi connectivity index (χ2v) is 3.40. The van der Waals surface area contributed by atoms with Gasteiger partial charge in [-0.1, -0.05) is 0 Å². The summed E-state index contributed by atoms with van der Waals surface area (Å²) in [6.45, 7) is 0.422. The molecule has 1 atom stereocenters. The minimum absolute atomic E-state index is 0.0948. The molecule has 2 heterocycles. The molecule has 76 valence electrons. The van der Waals surface area contributed by atoms with Crippen molar-refractivity contribution in [1.82, 2.24) is 4.98 Å². The van der Waals surface area contributed by atoms with Gasteiger partial charge in [-0.3, -0.25) is 9.69 Å². The minimum atomic E-state index is -0.406. The Kier molecular flexibility index (Phi) is 2.38. The number of carbonyl (C=O) groups excluding carboxylic acids is 1. The van der Waals surface area contributed by atoms with Crippen molar-refractivity contribution >= 4 is 11.7 Å². The van der Waals surface area contributed by atoms with E-state index in [1.165, 1.54) is 23.2 Å². The van der Waals surface area contributed by atoms with Crippen molar-refractivity contribution in [2.24, 2.45) is 5.92 Å². The Morgan fingerprint density at radius 2 is 2.47 bits per heavy atom. The fourth-order valence-corrected chi connectivity index (χ4v) is 1.58. The zero-order valence-corrected chi connectivity index (χ0v) is 7.98. The van der Waals surface area contributed by atoms with Crippen LogP contribution in [-0.2, 0) is 4.79 Å². The number of halogens is 1. The molecule has 1 aliphatic rings. The molecule has 1 amide bonds. The third-order valence-corrected chi connectivity index (χ3v) is 2.34. The number of hydrogen-bond acceptors (Lipinski definition) is 2. The van der Waals surface area contributed by atoms with E-state index in [-0.39, 0.29) is 11.8 Å². The molecule has 0 saturated carbocycles. The van der Waals surface area contributed by atoms with E-state index in [0.717, 1.165) is 0 Å². The number of hydrogen-bond donors (Lipinski definition) is 0. The number of nitrogens with zero attached hydrogens (tertiary/aromatic N) is 2. The molecular weight excluding hydrogens is 195 g/mol. The van der Waals surface area contributed by atoms with Gasteiger partial charge in [0.15, 0.2) is 0 Å². The molecule has 2 rings (SSSR count). The first-order valence-corrected chi connectivity index (χ1v) is 4.59. The molecule has 0 radical (unpaired) electrons. The lowest BCUT2D eigenvalue weighted by Crippen LogP contribution is -2.25.